The highest BCUT2D eigenvalue weighted by molar-refractivity contribution is 6.33. The molecule has 16 heavy (non-hydrogen) atoms. The maximum Gasteiger partial charge on any atom is 0.319 e. The van der Waals surface area contributed by atoms with Crippen LogP contribution in [0.3, 0.4) is 0 Å². The number of nitrogens with one attached hydrogen (secondary N) is 2. The van der Waals surface area contributed by atoms with E-state index in [2.05, 4.69) is 10.6 Å². The lowest BCUT2D eigenvalue weighted by Crippen LogP contribution is -2.41. The molecule has 1 saturated carbocycles. The maximum absolute atomic E-state index is 11.6. The molecule has 0 unspecified atom stereocenters. The molecule has 4 nitrogen and oxygen atoms in total. The number of nitrogen functional groups attached to an aromatic ring is 1. The van der Waals surface area contributed by atoms with E-state index in [1.807, 2.05) is 0 Å². The summed E-state index contributed by atoms with van der Waals surface area (Å²) >= 11 is 5.93. The van der Waals surface area contributed by atoms with E-state index in [-0.39, 0.29) is 6.03 Å². The Balaban J connectivity index is 1.96. The monoisotopic (exact) mass is 239 g/mol. The Hall–Kier alpha value is -1.42. The summed E-state index contributed by atoms with van der Waals surface area (Å²) in [7, 11) is 0. The summed E-state index contributed by atoms with van der Waals surface area (Å²) in [4.78, 5) is 11.6. The molecular weight excluding hydrogens is 226 g/mol. The fraction of sp³-hybridized carbons (Fsp3) is 0.364. The predicted octanol–water partition coefficient (Wildman–Crippen LogP) is 2.60. The predicted molar refractivity (Wildman–Crippen MR) is 65.7 cm³/mol. The van der Waals surface area contributed by atoms with E-state index in [0.29, 0.717) is 22.4 Å². The van der Waals surface area contributed by atoms with Gasteiger partial charge in [-0.1, -0.05) is 11.6 Å². The van der Waals surface area contributed by atoms with Gasteiger partial charge in [-0.3, -0.25) is 0 Å². The summed E-state index contributed by atoms with van der Waals surface area (Å²) in [5.74, 6) is 0. The number of halogens is 1. The third-order valence-electron chi connectivity index (χ3n) is 2.68. The minimum absolute atomic E-state index is 0.225. The van der Waals surface area contributed by atoms with Crippen molar-refractivity contribution in [2.24, 2.45) is 0 Å². The number of urea groups is 1. The van der Waals surface area contributed by atoms with Crippen molar-refractivity contribution in [3.8, 4) is 0 Å². The Kier molecular flexibility index (Phi) is 3.19. The van der Waals surface area contributed by atoms with Gasteiger partial charge < -0.3 is 16.4 Å². The molecule has 4 N–H and O–H groups in total. The number of hydrogen-bond donors (Lipinski definition) is 3. The van der Waals surface area contributed by atoms with Crippen LogP contribution in [0.4, 0.5) is 16.2 Å². The second kappa shape index (κ2) is 4.61. The lowest BCUT2D eigenvalue weighted by Gasteiger charge is -2.26. The number of carbonyl (C=O) groups excluding carboxylic acids is 1. The summed E-state index contributed by atoms with van der Waals surface area (Å²) in [5, 5.41) is 6.03. The van der Waals surface area contributed by atoms with Gasteiger partial charge in [-0.15, -0.1) is 0 Å². The largest absolute Gasteiger partial charge is 0.399 e. The third-order valence-corrected chi connectivity index (χ3v) is 3.01. The van der Waals surface area contributed by atoms with E-state index in [1.165, 1.54) is 6.42 Å². The van der Waals surface area contributed by atoms with Crippen molar-refractivity contribution in [3.63, 3.8) is 0 Å². The Morgan fingerprint density at radius 1 is 1.44 bits per heavy atom. The van der Waals surface area contributed by atoms with E-state index in [4.69, 9.17) is 17.3 Å². The average Bonchev–Trinajstić information content (AvgIpc) is 2.18. The summed E-state index contributed by atoms with van der Waals surface area (Å²) in [6.07, 6.45) is 3.29. The zero-order valence-electron chi connectivity index (χ0n) is 8.79. The van der Waals surface area contributed by atoms with Gasteiger partial charge in [0, 0.05) is 11.7 Å². The van der Waals surface area contributed by atoms with Gasteiger partial charge in [0.1, 0.15) is 0 Å². The summed E-state index contributed by atoms with van der Waals surface area (Å²) in [5.41, 5.74) is 6.72. The van der Waals surface area contributed by atoms with Gasteiger partial charge in [-0.2, -0.15) is 0 Å². The van der Waals surface area contributed by atoms with Crippen LogP contribution in [0.2, 0.25) is 5.02 Å². The molecule has 5 heteroatoms. The van der Waals surface area contributed by atoms with Crippen molar-refractivity contribution in [2.45, 2.75) is 25.3 Å². The summed E-state index contributed by atoms with van der Waals surface area (Å²) in [6, 6.07) is 5.08. The van der Waals surface area contributed by atoms with E-state index in [1.54, 1.807) is 18.2 Å². The van der Waals surface area contributed by atoms with Crippen molar-refractivity contribution >= 4 is 29.0 Å². The van der Waals surface area contributed by atoms with Crippen molar-refractivity contribution in [2.75, 3.05) is 11.1 Å². The Morgan fingerprint density at radius 2 is 2.19 bits per heavy atom. The van der Waals surface area contributed by atoms with Crippen LogP contribution in [0, 0.1) is 0 Å². The Morgan fingerprint density at radius 3 is 2.81 bits per heavy atom. The molecular formula is C11H14ClN3O. The fourth-order valence-corrected chi connectivity index (χ4v) is 1.70. The van der Waals surface area contributed by atoms with Gasteiger partial charge in [-0.05, 0) is 37.5 Å². The quantitative estimate of drug-likeness (QED) is 0.695. The van der Waals surface area contributed by atoms with Crippen LogP contribution in [-0.4, -0.2) is 12.1 Å². The number of rotatable bonds is 2. The van der Waals surface area contributed by atoms with Crippen LogP contribution in [-0.2, 0) is 0 Å². The van der Waals surface area contributed by atoms with Gasteiger partial charge in [0.2, 0.25) is 0 Å². The number of nitrogens with two attached hydrogens (primary N) is 1. The molecule has 1 aromatic rings. The molecule has 0 bridgehead atoms. The molecule has 2 rings (SSSR count). The number of anilines is 2. The number of hydrogen-bond acceptors (Lipinski definition) is 2. The normalized spacial score (nSPS) is 15.3. The minimum atomic E-state index is -0.225. The smallest absolute Gasteiger partial charge is 0.319 e. The first-order valence-corrected chi connectivity index (χ1v) is 5.65. The first-order valence-electron chi connectivity index (χ1n) is 5.27. The van der Waals surface area contributed by atoms with Crippen LogP contribution in [0.15, 0.2) is 18.2 Å². The molecule has 1 aromatic carbocycles. The van der Waals surface area contributed by atoms with Crippen LogP contribution in [0.25, 0.3) is 0 Å². The number of amides is 2. The van der Waals surface area contributed by atoms with Crippen LogP contribution >= 0.6 is 11.6 Å². The van der Waals surface area contributed by atoms with Crippen molar-refractivity contribution in [1.29, 1.82) is 0 Å². The van der Waals surface area contributed by atoms with Gasteiger partial charge in [0.05, 0.1) is 10.7 Å². The molecule has 0 spiro atoms. The zero-order chi connectivity index (χ0) is 11.5. The molecule has 86 valence electrons. The Bertz CT molecular complexity index is 404. The standard InChI is InChI=1S/C11H14ClN3O/c12-9-5-4-7(13)6-10(9)15-11(16)14-8-2-1-3-8/h4-6,8H,1-3,13H2,(H2,14,15,16). The number of carbonyl (C=O) groups is 1. The van der Waals surface area contributed by atoms with E-state index in [9.17, 15) is 4.79 Å². The van der Waals surface area contributed by atoms with Gasteiger partial charge in [0.25, 0.3) is 0 Å². The average molecular weight is 240 g/mol. The highest BCUT2D eigenvalue weighted by atomic mass is 35.5. The summed E-state index contributed by atoms with van der Waals surface area (Å²) in [6.45, 7) is 0. The molecule has 0 aromatic heterocycles. The van der Waals surface area contributed by atoms with E-state index < -0.39 is 0 Å². The third kappa shape index (κ3) is 2.58. The molecule has 0 saturated heterocycles. The molecule has 2 amide bonds. The highest BCUT2D eigenvalue weighted by Gasteiger charge is 2.19. The van der Waals surface area contributed by atoms with Crippen LogP contribution in [0.5, 0.6) is 0 Å². The molecule has 0 atom stereocenters. The molecule has 0 radical (unpaired) electrons. The lowest BCUT2D eigenvalue weighted by atomic mass is 9.93. The summed E-state index contributed by atoms with van der Waals surface area (Å²) < 4.78 is 0. The maximum atomic E-state index is 11.6. The van der Waals surface area contributed by atoms with E-state index in [0.717, 1.165) is 12.8 Å². The van der Waals surface area contributed by atoms with Gasteiger partial charge in [0.15, 0.2) is 0 Å². The van der Waals surface area contributed by atoms with Crippen molar-refractivity contribution in [1.82, 2.24) is 5.32 Å². The Labute approximate surface area is 99.2 Å². The second-order valence-corrected chi connectivity index (χ2v) is 4.37. The minimum Gasteiger partial charge on any atom is -0.399 e. The fourth-order valence-electron chi connectivity index (χ4n) is 1.54. The first kappa shape index (κ1) is 11.1. The molecule has 0 heterocycles. The SMILES string of the molecule is Nc1ccc(Cl)c(NC(=O)NC2CCC2)c1. The first-order chi connectivity index (χ1) is 7.65. The zero-order valence-corrected chi connectivity index (χ0v) is 9.55. The van der Waals surface area contributed by atoms with Gasteiger partial charge >= 0.3 is 6.03 Å². The van der Waals surface area contributed by atoms with Crippen LogP contribution in [0.1, 0.15) is 19.3 Å². The number of benzene rings is 1. The van der Waals surface area contributed by atoms with Gasteiger partial charge in [-0.25, -0.2) is 4.79 Å². The molecule has 1 fully saturated rings. The molecule has 1 aliphatic carbocycles. The lowest BCUT2D eigenvalue weighted by molar-refractivity contribution is 0.240. The molecule has 1 aliphatic rings. The topological polar surface area (TPSA) is 67.1 Å². The second-order valence-electron chi connectivity index (χ2n) is 3.97. The van der Waals surface area contributed by atoms with E-state index >= 15 is 0 Å². The van der Waals surface area contributed by atoms with Crippen molar-refractivity contribution in [3.05, 3.63) is 23.2 Å². The van der Waals surface area contributed by atoms with Crippen molar-refractivity contribution < 1.29 is 4.79 Å². The molecule has 0 aliphatic heterocycles. The highest BCUT2D eigenvalue weighted by Crippen LogP contribution is 2.24. The van der Waals surface area contributed by atoms with Crippen LogP contribution < -0.4 is 16.4 Å².